The van der Waals surface area contributed by atoms with E-state index in [1.165, 1.54) is 18.2 Å². The molecule has 31 heavy (non-hydrogen) atoms. The fraction of sp³-hybridized carbons (Fsp3) is 0.217. The second kappa shape index (κ2) is 10.0. The molecule has 1 aliphatic rings. The lowest BCUT2D eigenvalue weighted by Gasteiger charge is -2.15. The molecule has 2 amide bonds. The number of amides is 2. The van der Waals surface area contributed by atoms with Gasteiger partial charge in [0.15, 0.2) is 11.5 Å². The molecule has 1 aliphatic heterocycles. The van der Waals surface area contributed by atoms with Gasteiger partial charge in [0.25, 0.3) is 11.1 Å². The summed E-state index contributed by atoms with van der Waals surface area (Å²) >= 11 is 6.84. The molecule has 8 heteroatoms. The summed E-state index contributed by atoms with van der Waals surface area (Å²) in [5.74, 6) is 0.0589. The van der Waals surface area contributed by atoms with Crippen LogP contribution in [0.5, 0.6) is 11.5 Å². The van der Waals surface area contributed by atoms with Crippen LogP contribution in [0.2, 0.25) is 5.02 Å². The standard InChI is InChI=1S/C23H21ClFNO4S/c1-4-7-15-10-14(11-19(30-5-2)21(15)29-3)12-20-22(27)26(23(28)31-20)13-16-17(24)8-6-9-18(16)25/h4,6,8-12H,1,5,7,13H2,2-3H3/b20-12+. The van der Waals surface area contributed by atoms with Gasteiger partial charge in [0.05, 0.1) is 25.2 Å². The number of hydrogen-bond donors (Lipinski definition) is 0. The average Bonchev–Trinajstić information content (AvgIpc) is 2.98. The van der Waals surface area contributed by atoms with Crippen molar-refractivity contribution in [3.05, 3.63) is 75.4 Å². The van der Waals surface area contributed by atoms with Crippen molar-refractivity contribution in [2.75, 3.05) is 13.7 Å². The van der Waals surface area contributed by atoms with Crippen molar-refractivity contribution < 1.29 is 23.5 Å². The monoisotopic (exact) mass is 461 g/mol. The lowest BCUT2D eigenvalue weighted by Crippen LogP contribution is -2.28. The quantitative estimate of drug-likeness (QED) is 0.364. The highest BCUT2D eigenvalue weighted by Gasteiger charge is 2.36. The zero-order valence-corrected chi connectivity index (χ0v) is 18.7. The van der Waals surface area contributed by atoms with Gasteiger partial charge in [-0.1, -0.05) is 23.7 Å². The molecule has 3 rings (SSSR count). The molecule has 162 valence electrons. The Labute approximate surface area is 189 Å². The zero-order valence-electron chi connectivity index (χ0n) is 17.1. The molecule has 0 N–H and O–H groups in total. The second-order valence-corrected chi connectivity index (χ2v) is 8.01. The topological polar surface area (TPSA) is 55.8 Å². The Morgan fingerprint density at radius 1 is 1.29 bits per heavy atom. The van der Waals surface area contributed by atoms with Gasteiger partial charge < -0.3 is 9.47 Å². The Balaban J connectivity index is 1.94. The van der Waals surface area contributed by atoms with Gasteiger partial charge in [-0.15, -0.1) is 6.58 Å². The molecule has 2 aromatic carbocycles. The molecule has 0 radical (unpaired) electrons. The second-order valence-electron chi connectivity index (χ2n) is 6.61. The normalized spacial score (nSPS) is 15.0. The molecule has 0 aromatic heterocycles. The van der Waals surface area contributed by atoms with E-state index >= 15 is 0 Å². The highest BCUT2D eigenvalue weighted by atomic mass is 35.5. The van der Waals surface area contributed by atoms with Crippen LogP contribution in [-0.4, -0.2) is 29.8 Å². The van der Waals surface area contributed by atoms with E-state index < -0.39 is 17.0 Å². The summed E-state index contributed by atoms with van der Waals surface area (Å²) < 4.78 is 25.3. The summed E-state index contributed by atoms with van der Waals surface area (Å²) in [6, 6.07) is 7.82. The van der Waals surface area contributed by atoms with E-state index in [0.717, 1.165) is 22.2 Å². The molecule has 0 spiro atoms. The molecule has 5 nitrogen and oxygen atoms in total. The molecule has 2 aromatic rings. The third-order valence-corrected chi connectivity index (χ3v) is 5.83. The number of nitrogens with zero attached hydrogens (tertiary/aromatic N) is 1. The number of halogens is 2. The van der Waals surface area contributed by atoms with Crippen molar-refractivity contribution in [2.24, 2.45) is 0 Å². The van der Waals surface area contributed by atoms with Crippen molar-refractivity contribution >= 4 is 40.6 Å². The van der Waals surface area contributed by atoms with E-state index in [4.69, 9.17) is 21.1 Å². The number of allylic oxidation sites excluding steroid dienone is 1. The summed E-state index contributed by atoms with van der Waals surface area (Å²) in [4.78, 5) is 26.5. The molecule has 0 aliphatic carbocycles. The smallest absolute Gasteiger partial charge is 0.293 e. The SMILES string of the molecule is C=CCc1cc(/C=C2/SC(=O)N(Cc3c(F)cccc3Cl)C2=O)cc(OCC)c1OC. The minimum Gasteiger partial charge on any atom is -0.493 e. The molecular weight excluding hydrogens is 441 g/mol. The van der Waals surface area contributed by atoms with Gasteiger partial charge in [-0.3, -0.25) is 14.5 Å². The van der Waals surface area contributed by atoms with Gasteiger partial charge in [0, 0.05) is 16.1 Å². The molecule has 0 atom stereocenters. The minimum atomic E-state index is -0.568. The van der Waals surface area contributed by atoms with Crippen LogP contribution in [0.25, 0.3) is 6.08 Å². The van der Waals surface area contributed by atoms with Gasteiger partial charge in [0.1, 0.15) is 5.82 Å². The number of hydrogen-bond acceptors (Lipinski definition) is 5. The first-order chi connectivity index (χ1) is 14.9. The fourth-order valence-electron chi connectivity index (χ4n) is 3.20. The third kappa shape index (κ3) is 4.94. The van der Waals surface area contributed by atoms with E-state index in [-0.39, 0.29) is 22.0 Å². The largest absolute Gasteiger partial charge is 0.493 e. The van der Waals surface area contributed by atoms with E-state index in [1.54, 1.807) is 25.3 Å². The lowest BCUT2D eigenvalue weighted by molar-refractivity contribution is -0.123. The highest BCUT2D eigenvalue weighted by molar-refractivity contribution is 8.18. The van der Waals surface area contributed by atoms with Gasteiger partial charge in [0.2, 0.25) is 0 Å². The number of rotatable bonds is 8. The van der Waals surface area contributed by atoms with E-state index in [9.17, 15) is 14.0 Å². The lowest BCUT2D eigenvalue weighted by atomic mass is 10.0. The van der Waals surface area contributed by atoms with Crippen molar-refractivity contribution in [1.82, 2.24) is 4.90 Å². The summed E-state index contributed by atoms with van der Waals surface area (Å²) in [5.41, 5.74) is 1.62. The van der Waals surface area contributed by atoms with Crippen molar-refractivity contribution in [2.45, 2.75) is 19.9 Å². The number of thioether (sulfide) groups is 1. The Morgan fingerprint density at radius 2 is 2.06 bits per heavy atom. The van der Waals surface area contributed by atoms with Crippen molar-refractivity contribution in [1.29, 1.82) is 0 Å². The molecule has 0 unspecified atom stereocenters. The molecule has 1 fully saturated rings. The molecule has 0 bridgehead atoms. The van der Waals surface area contributed by atoms with E-state index in [2.05, 4.69) is 6.58 Å². The maximum Gasteiger partial charge on any atom is 0.293 e. The third-order valence-electron chi connectivity index (χ3n) is 4.57. The molecule has 1 heterocycles. The number of carbonyl (C=O) groups excluding carboxylic acids is 2. The highest BCUT2D eigenvalue weighted by Crippen LogP contribution is 2.38. The first kappa shape index (κ1) is 22.9. The summed E-state index contributed by atoms with van der Waals surface area (Å²) in [6.45, 7) is 5.83. The van der Waals surface area contributed by atoms with Crippen LogP contribution >= 0.6 is 23.4 Å². The maximum atomic E-state index is 14.1. The number of benzene rings is 2. The Morgan fingerprint density at radius 3 is 2.71 bits per heavy atom. The van der Waals surface area contributed by atoms with Crippen LogP contribution in [0.1, 0.15) is 23.6 Å². The average molecular weight is 462 g/mol. The summed E-state index contributed by atoms with van der Waals surface area (Å²) in [6.07, 6.45) is 3.89. The zero-order chi connectivity index (χ0) is 22.5. The first-order valence-corrected chi connectivity index (χ1v) is 10.7. The Bertz CT molecular complexity index is 1050. The van der Waals surface area contributed by atoms with Crippen LogP contribution in [-0.2, 0) is 17.8 Å². The van der Waals surface area contributed by atoms with Crippen LogP contribution in [0, 0.1) is 5.82 Å². The van der Waals surface area contributed by atoms with Crippen LogP contribution in [0.4, 0.5) is 9.18 Å². The molecular formula is C23H21ClFNO4S. The van der Waals surface area contributed by atoms with Crippen molar-refractivity contribution in [3.63, 3.8) is 0 Å². The number of carbonyl (C=O) groups is 2. The van der Waals surface area contributed by atoms with Gasteiger partial charge in [-0.05, 0) is 61.0 Å². The number of ether oxygens (including phenoxy) is 2. The number of methoxy groups -OCH3 is 1. The van der Waals surface area contributed by atoms with Crippen LogP contribution in [0.3, 0.4) is 0 Å². The maximum absolute atomic E-state index is 14.1. The van der Waals surface area contributed by atoms with Crippen molar-refractivity contribution in [3.8, 4) is 11.5 Å². The predicted octanol–water partition coefficient (Wildman–Crippen LogP) is 5.85. The predicted molar refractivity (Wildman–Crippen MR) is 121 cm³/mol. The summed E-state index contributed by atoms with van der Waals surface area (Å²) in [5, 5.41) is -0.325. The first-order valence-electron chi connectivity index (χ1n) is 9.52. The van der Waals surface area contributed by atoms with Crippen LogP contribution < -0.4 is 9.47 Å². The summed E-state index contributed by atoms with van der Waals surface area (Å²) in [7, 11) is 1.56. The van der Waals surface area contributed by atoms with Gasteiger partial charge >= 0.3 is 0 Å². The Hall–Kier alpha value is -2.77. The Kier molecular flexibility index (Phi) is 7.41. The van der Waals surface area contributed by atoms with E-state index in [1.807, 2.05) is 13.0 Å². The number of imide groups is 1. The van der Waals surface area contributed by atoms with Gasteiger partial charge in [-0.2, -0.15) is 0 Å². The fourth-order valence-corrected chi connectivity index (χ4v) is 4.26. The van der Waals surface area contributed by atoms with Gasteiger partial charge in [-0.25, -0.2) is 4.39 Å². The minimum absolute atomic E-state index is 0.101. The molecule has 1 saturated heterocycles. The van der Waals surface area contributed by atoms with Crippen LogP contribution in [0.15, 0.2) is 47.9 Å². The van der Waals surface area contributed by atoms with E-state index in [0.29, 0.717) is 30.1 Å². The molecule has 0 saturated carbocycles.